The van der Waals surface area contributed by atoms with Crippen LogP contribution in [0.25, 0.3) is 0 Å². The summed E-state index contributed by atoms with van der Waals surface area (Å²) in [6, 6.07) is 19.2. The van der Waals surface area contributed by atoms with Crippen LogP contribution in [-0.2, 0) is 4.57 Å². The largest absolute Gasteiger partial charge is 0.342 e. The first-order chi connectivity index (χ1) is 10.5. The Hall–Kier alpha value is -1.45. The molecule has 0 amide bonds. The standard InChI is InChI=1S/C17H22NO3P/c1-2-9-16(22(19,20)21)18-17(14-10-5-3-6-11-14)15-12-7-4-8-13-15/h3-8,10-13,16-18H,2,9H2,1H3,(H2,19,20,21)/t16-/m0/s1. The minimum absolute atomic E-state index is 0.244. The van der Waals surface area contributed by atoms with Gasteiger partial charge in [-0.2, -0.15) is 0 Å². The van der Waals surface area contributed by atoms with E-state index in [-0.39, 0.29) is 6.04 Å². The summed E-state index contributed by atoms with van der Waals surface area (Å²) < 4.78 is 11.8. The Balaban J connectivity index is 2.35. The summed E-state index contributed by atoms with van der Waals surface area (Å²) in [5, 5.41) is 3.16. The fourth-order valence-corrected chi connectivity index (χ4v) is 3.43. The van der Waals surface area contributed by atoms with Crippen LogP contribution in [0.3, 0.4) is 0 Å². The predicted octanol–water partition coefficient (Wildman–Crippen LogP) is 3.67. The van der Waals surface area contributed by atoms with Crippen LogP contribution in [0.1, 0.15) is 36.9 Å². The molecule has 5 heteroatoms. The van der Waals surface area contributed by atoms with Gasteiger partial charge in [-0.1, -0.05) is 74.0 Å². The van der Waals surface area contributed by atoms with Crippen molar-refractivity contribution in [2.45, 2.75) is 31.6 Å². The molecule has 2 rings (SSSR count). The molecule has 0 heterocycles. The molecular formula is C17H22NO3P. The number of hydrogen-bond acceptors (Lipinski definition) is 2. The molecule has 0 fully saturated rings. The van der Waals surface area contributed by atoms with Crippen molar-refractivity contribution < 1.29 is 14.4 Å². The number of benzene rings is 2. The van der Waals surface area contributed by atoms with Crippen LogP contribution in [0.5, 0.6) is 0 Å². The highest BCUT2D eigenvalue weighted by Gasteiger charge is 2.30. The third kappa shape index (κ3) is 4.52. The molecule has 0 bridgehead atoms. The lowest BCUT2D eigenvalue weighted by Gasteiger charge is -2.27. The Labute approximate surface area is 131 Å². The molecule has 0 saturated carbocycles. The minimum Gasteiger partial charge on any atom is -0.323 e. The van der Waals surface area contributed by atoms with Crippen LogP contribution >= 0.6 is 7.60 Å². The number of hydrogen-bond donors (Lipinski definition) is 3. The highest BCUT2D eigenvalue weighted by molar-refractivity contribution is 7.52. The minimum atomic E-state index is -4.20. The lowest BCUT2D eigenvalue weighted by molar-refractivity contribution is 0.335. The van der Waals surface area contributed by atoms with E-state index in [0.29, 0.717) is 12.8 Å². The van der Waals surface area contributed by atoms with Gasteiger partial charge < -0.3 is 9.79 Å². The van der Waals surface area contributed by atoms with Crippen LogP contribution in [0.4, 0.5) is 0 Å². The third-order valence-corrected chi connectivity index (χ3v) is 4.81. The van der Waals surface area contributed by atoms with Crippen LogP contribution in [-0.4, -0.2) is 15.6 Å². The number of nitrogens with one attached hydrogen (secondary N) is 1. The van der Waals surface area contributed by atoms with Gasteiger partial charge in [0.2, 0.25) is 0 Å². The van der Waals surface area contributed by atoms with E-state index in [9.17, 15) is 14.4 Å². The first-order valence-corrected chi connectivity index (χ1v) is 9.11. The molecule has 3 N–H and O–H groups in total. The predicted molar refractivity (Wildman–Crippen MR) is 88.6 cm³/mol. The summed E-state index contributed by atoms with van der Waals surface area (Å²) in [5.41, 5.74) is 1.98. The lowest BCUT2D eigenvalue weighted by Crippen LogP contribution is -2.33. The lowest BCUT2D eigenvalue weighted by atomic mass is 9.98. The maximum atomic E-state index is 11.8. The zero-order valence-electron chi connectivity index (χ0n) is 12.6. The summed E-state index contributed by atoms with van der Waals surface area (Å²) in [5.74, 6) is -0.845. The monoisotopic (exact) mass is 319 g/mol. The molecular weight excluding hydrogens is 297 g/mol. The molecule has 0 radical (unpaired) electrons. The molecule has 0 saturated heterocycles. The Morgan fingerprint density at radius 1 is 0.955 bits per heavy atom. The first-order valence-electron chi connectivity index (χ1n) is 7.43. The van der Waals surface area contributed by atoms with Crippen molar-refractivity contribution in [2.24, 2.45) is 0 Å². The van der Waals surface area contributed by atoms with E-state index in [2.05, 4.69) is 5.32 Å². The smallest absolute Gasteiger partial charge is 0.323 e. The average Bonchev–Trinajstić information content (AvgIpc) is 2.52. The molecule has 4 nitrogen and oxygen atoms in total. The van der Waals surface area contributed by atoms with E-state index in [4.69, 9.17) is 0 Å². The van der Waals surface area contributed by atoms with Crippen LogP contribution < -0.4 is 5.32 Å². The first kappa shape index (κ1) is 16.9. The van der Waals surface area contributed by atoms with Crippen molar-refractivity contribution in [1.82, 2.24) is 5.32 Å². The van der Waals surface area contributed by atoms with Gasteiger partial charge in [0, 0.05) is 0 Å². The molecule has 118 valence electrons. The molecule has 0 aromatic heterocycles. The van der Waals surface area contributed by atoms with Gasteiger partial charge in [0.15, 0.2) is 0 Å². The normalized spacial score (nSPS) is 13.3. The summed E-state index contributed by atoms with van der Waals surface area (Å²) >= 11 is 0. The quantitative estimate of drug-likeness (QED) is 0.681. The number of rotatable bonds is 7. The summed E-state index contributed by atoms with van der Waals surface area (Å²) in [7, 11) is -4.20. The summed E-state index contributed by atoms with van der Waals surface area (Å²) in [4.78, 5) is 19.2. The molecule has 0 unspecified atom stereocenters. The van der Waals surface area contributed by atoms with E-state index < -0.39 is 13.4 Å². The van der Waals surface area contributed by atoms with Crippen molar-refractivity contribution >= 4 is 7.60 Å². The Bertz CT molecular complexity index is 573. The highest BCUT2D eigenvalue weighted by Crippen LogP contribution is 2.43. The molecule has 0 spiro atoms. The molecule has 2 aromatic carbocycles. The van der Waals surface area contributed by atoms with Crippen LogP contribution in [0, 0.1) is 0 Å². The topological polar surface area (TPSA) is 69.6 Å². The Morgan fingerprint density at radius 2 is 1.41 bits per heavy atom. The van der Waals surface area contributed by atoms with Gasteiger partial charge in [-0.25, -0.2) is 0 Å². The van der Waals surface area contributed by atoms with E-state index in [1.165, 1.54) is 0 Å². The zero-order valence-corrected chi connectivity index (χ0v) is 13.5. The summed E-state index contributed by atoms with van der Waals surface area (Å²) in [6.45, 7) is 1.92. The second-order valence-electron chi connectivity index (χ2n) is 5.31. The average molecular weight is 319 g/mol. The van der Waals surface area contributed by atoms with Crippen LogP contribution in [0.15, 0.2) is 60.7 Å². The van der Waals surface area contributed by atoms with Crippen molar-refractivity contribution in [1.29, 1.82) is 0 Å². The van der Waals surface area contributed by atoms with Gasteiger partial charge in [0.1, 0.15) is 5.78 Å². The highest BCUT2D eigenvalue weighted by atomic mass is 31.2. The van der Waals surface area contributed by atoms with Gasteiger partial charge in [-0.3, -0.25) is 9.88 Å². The molecule has 0 aliphatic carbocycles. The van der Waals surface area contributed by atoms with E-state index in [1.807, 2.05) is 67.6 Å². The van der Waals surface area contributed by atoms with E-state index >= 15 is 0 Å². The SMILES string of the molecule is CCC[C@@H](NC(c1ccccc1)c1ccccc1)P(=O)(O)O. The fraction of sp³-hybridized carbons (Fsp3) is 0.294. The Kier molecular flexibility index (Phi) is 5.92. The Morgan fingerprint density at radius 3 is 1.77 bits per heavy atom. The van der Waals surface area contributed by atoms with Crippen LogP contribution in [0.2, 0.25) is 0 Å². The second kappa shape index (κ2) is 7.70. The van der Waals surface area contributed by atoms with E-state index in [1.54, 1.807) is 0 Å². The molecule has 0 aliphatic rings. The summed E-state index contributed by atoms with van der Waals surface area (Å²) in [6.07, 6.45) is 1.14. The fourth-order valence-electron chi connectivity index (χ4n) is 2.49. The van der Waals surface area contributed by atoms with Gasteiger partial charge in [0.05, 0.1) is 6.04 Å². The van der Waals surface area contributed by atoms with Crippen molar-refractivity contribution in [3.63, 3.8) is 0 Å². The molecule has 22 heavy (non-hydrogen) atoms. The zero-order chi connectivity index (χ0) is 16.0. The van der Waals surface area contributed by atoms with E-state index in [0.717, 1.165) is 11.1 Å². The van der Waals surface area contributed by atoms with Gasteiger partial charge >= 0.3 is 7.60 Å². The third-order valence-electron chi connectivity index (χ3n) is 3.59. The maximum Gasteiger partial charge on any atom is 0.342 e. The molecule has 2 aromatic rings. The second-order valence-corrected chi connectivity index (χ2v) is 7.12. The molecule has 1 atom stereocenters. The van der Waals surface area contributed by atoms with Crippen molar-refractivity contribution in [3.8, 4) is 0 Å². The maximum absolute atomic E-state index is 11.8. The van der Waals surface area contributed by atoms with Crippen molar-refractivity contribution in [2.75, 3.05) is 0 Å². The van der Waals surface area contributed by atoms with Gasteiger partial charge in [0.25, 0.3) is 0 Å². The molecule has 0 aliphatic heterocycles. The van der Waals surface area contributed by atoms with Gasteiger partial charge in [-0.15, -0.1) is 0 Å². The van der Waals surface area contributed by atoms with Gasteiger partial charge in [-0.05, 0) is 17.5 Å². The van der Waals surface area contributed by atoms with Crippen molar-refractivity contribution in [3.05, 3.63) is 71.8 Å².